The van der Waals surface area contributed by atoms with Crippen LogP contribution in [-0.4, -0.2) is 36.3 Å². The number of carbonyl (C=O) groups is 1. The van der Waals surface area contributed by atoms with Gasteiger partial charge in [-0.1, -0.05) is 0 Å². The molecule has 2 rings (SSSR count). The van der Waals surface area contributed by atoms with Crippen LogP contribution in [0.2, 0.25) is 0 Å². The number of carbonyl (C=O) groups excluding carboxylic acids is 1. The van der Waals surface area contributed by atoms with Gasteiger partial charge in [-0.15, -0.1) is 0 Å². The number of furan rings is 1. The normalized spacial score (nSPS) is 21.8. The van der Waals surface area contributed by atoms with E-state index in [4.69, 9.17) is 15.3 Å². The first kappa shape index (κ1) is 17.0. The van der Waals surface area contributed by atoms with Gasteiger partial charge in [0, 0.05) is 17.1 Å². The van der Waals surface area contributed by atoms with E-state index in [1.807, 2.05) is 27.7 Å². The molecule has 1 aliphatic heterocycles. The Bertz CT molecular complexity index is 673. The molecule has 1 aromatic rings. The molecule has 124 valence electrons. The van der Waals surface area contributed by atoms with Crippen LogP contribution >= 0.6 is 0 Å². The highest BCUT2D eigenvalue weighted by Crippen LogP contribution is 2.39. The smallest absolute Gasteiger partial charge is 0.290 e. The summed E-state index contributed by atoms with van der Waals surface area (Å²) in [5.74, 6) is -0.405. The zero-order valence-electron chi connectivity index (χ0n) is 13.3. The first-order valence-corrected chi connectivity index (χ1v) is 8.62. The Labute approximate surface area is 130 Å². The summed E-state index contributed by atoms with van der Waals surface area (Å²) in [7, 11) is -3.97. The van der Waals surface area contributed by atoms with Crippen molar-refractivity contribution in [3.05, 3.63) is 17.9 Å². The molecule has 0 spiro atoms. The highest BCUT2D eigenvalue weighted by atomic mass is 32.2. The predicted molar refractivity (Wildman–Crippen MR) is 81.6 cm³/mol. The van der Waals surface area contributed by atoms with Crippen LogP contribution in [0.15, 0.2) is 21.6 Å². The Balaban J connectivity index is 2.41. The average molecular weight is 329 g/mol. The molecule has 1 fully saturated rings. The molecule has 0 radical (unpaired) electrons. The van der Waals surface area contributed by atoms with E-state index >= 15 is 0 Å². The SMILES string of the molecule is CC1(C)CC(N)CC(C)(C)N1C(=O)c1ccc(S(N)(=O)=O)o1. The second-order valence-electron chi connectivity index (χ2n) is 7.10. The number of piperidine rings is 1. The highest BCUT2D eigenvalue weighted by molar-refractivity contribution is 7.89. The van der Waals surface area contributed by atoms with Crippen LogP contribution in [0.1, 0.15) is 51.1 Å². The lowest BCUT2D eigenvalue weighted by Crippen LogP contribution is -2.65. The number of rotatable bonds is 2. The number of nitrogens with two attached hydrogens (primary N) is 2. The maximum Gasteiger partial charge on any atom is 0.290 e. The summed E-state index contributed by atoms with van der Waals surface area (Å²) in [6, 6.07) is 2.53. The fraction of sp³-hybridized carbons (Fsp3) is 0.643. The van der Waals surface area contributed by atoms with Crippen LogP contribution in [0.4, 0.5) is 0 Å². The average Bonchev–Trinajstić information content (AvgIpc) is 2.72. The molecule has 2 heterocycles. The van der Waals surface area contributed by atoms with Gasteiger partial charge in [0.15, 0.2) is 5.76 Å². The van der Waals surface area contributed by atoms with Crippen molar-refractivity contribution in [2.24, 2.45) is 10.9 Å². The minimum Gasteiger partial charge on any atom is -0.438 e. The summed E-state index contributed by atoms with van der Waals surface area (Å²) < 4.78 is 27.7. The predicted octanol–water partition coefficient (Wildman–Crippen LogP) is 1.05. The molecule has 1 aliphatic rings. The van der Waals surface area contributed by atoms with Crippen LogP contribution in [0, 0.1) is 0 Å². The molecule has 8 heteroatoms. The molecule has 0 atom stereocenters. The first-order valence-electron chi connectivity index (χ1n) is 7.07. The third-order valence-electron chi connectivity index (χ3n) is 4.01. The van der Waals surface area contributed by atoms with Gasteiger partial charge in [-0.3, -0.25) is 4.79 Å². The van der Waals surface area contributed by atoms with E-state index in [2.05, 4.69) is 0 Å². The second-order valence-corrected chi connectivity index (χ2v) is 8.59. The molecule has 0 aliphatic carbocycles. The second kappa shape index (κ2) is 5.07. The van der Waals surface area contributed by atoms with E-state index in [0.717, 1.165) is 0 Å². The minimum absolute atomic E-state index is 0.00521. The van der Waals surface area contributed by atoms with Gasteiger partial charge in [-0.25, -0.2) is 13.6 Å². The Hall–Kier alpha value is -1.38. The van der Waals surface area contributed by atoms with Gasteiger partial charge in [0.1, 0.15) is 0 Å². The van der Waals surface area contributed by atoms with Crippen molar-refractivity contribution in [2.75, 3.05) is 0 Å². The lowest BCUT2D eigenvalue weighted by atomic mass is 9.77. The first-order chi connectivity index (χ1) is 9.84. The number of nitrogens with zero attached hydrogens (tertiary/aromatic N) is 1. The molecule has 0 bridgehead atoms. The number of sulfonamides is 1. The van der Waals surface area contributed by atoms with E-state index in [1.165, 1.54) is 12.1 Å². The van der Waals surface area contributed by atoms with Crippen molar-refractivity contribution >= 4 is 15.9 Å². The van der Waals surface area contributed by atoms with Crippen LogP contribution < -0.4 is 10.9 Å². The van der Waals surface area contributed by atoms with Gasteiger partial charge >= 0.3 is 0 Å². The van der Waals surface area contributed by atoms with Gasteiger partial charge in [-0.2, -0.15) is 0 Å². The highest BCUT2D eigenvalue weighted by Gasteiger charge is 2.47. The summed E-state index contributed by atoms with van der Waals surface area (Å²) in [4.78, 5) is 14.6. The molecule has 0 aromatic carbocycles. The van der Waals surface area contributed by atoms with Crippen molar-refractivity contribution in [3.8, 4) is 0 Å². The fourth-order valence-electron chi connectivity index (χ4n) is 3.61. The zero-order valence-corrected chi connectivity index (χ0v) is 14.1. The number of likely N-dealkylation sites (tertiary alicyclic amines) is 1. The largest absolute Gasteiger partial charge is 0.438 e. The summed E-state index contributed by atoms with van der Waals surface area (Å²) in [6.45, 7) is 7.76. The van der Waals surface area contributed by atoms with E-state index in [0.29, 0.717) is 12.8 Å². The maximum atomic E-state index is 12.8. The minimum atomic E-state index is -3.97. The maximum absolute atomic E-state index is 12.8. The van der Waals surface area contributed by atoms with E-state index in [1.54, 1.807) is 4.90 Å². The Morgan fingerprint density at radius 1 is 1.23 bits per heavy atom. The molecule has 0 saturated carbocycles. The van der Waals surface area contributed by atoms with Crippen molar-refractivity contribution in [1.82, 2.24) is 4.90 Å². The Morgan fingerprint density at radius 3 is 2.14 bits per heavy atom. The lowest BCUT2D eigenvalue weighted by Gasteiger charge is -2.54. The standard InChI is InChI=1S/C14H23N3O4S/c1-13(2)7-9(15)8-14(3,4)17(13)12(18)10-5-6-11(21-10)22(16,19)20/h5-6,9H,7-8,15H2,1-4H3,(H2,16,19,20). The fourth-order valence-corrected chi connectivity index (χ4v) is 4.07. The zero-order chi connectivity index (χ0) is 16.9. The van der Waals surface area contributed by atoms with Crippen molar-refractivity contribution in [3.63, 3.8) is 0 Å². The van der Waals surface area contributed by atoms with Gasteiger partial charge in [0.05, 0.1) is 0 Å². The number of primary sulfonamides is 1. The van der Waals surface area contributed by atoms with Gasteiger partial charge < -0.3 is 15.1 Å². The topological polar surface area (TPSA) is 120 Å². The molecular formula is C14H23N3O4S. The van der Waals surface area contributed by atoms with Gasteiger partial charge in [0.25, 0.3) is 15.9 Å². The molecular weight excluding hydrogens is 306 g/mol. The quantitative estimate of drug-likeness (QED) is 0.840. The van der Waals surface area contributed by atoms with Crippen molar-refractivity contribution in [1.29, 1.82) is 0 Å². The van der Waals surface area contributed by atoms with Gasteiger partial charge in [0.2, 0.25) is 5.09 Å². The molecule has 0 unspecified atom stereocenters. The third kappa shape index (κ3) is 3.04. The van der Waals surface area contributed by atoms with Crippen molar-refractivity contribution in [2.45, 2.75) is 62.7 Å². The molecule has 1 saturated heterocycles. The summed E-state index contributed by atoms with van der Waals surface area (Å²) in [5.41, 5.74) is 5.16. The summed E-state index contributed by atoms with van der Waals surface area (Å²) in [6.07, 6.45) is 1.32. The molecule has 4 N–H and O–H groups in total. The monoisotopic (exact) mass is 329 g/mol. The Kier molecular flexibility index (Phi) is 3.92. The van der Waals surface area contributed by atoms with E-state index in [9.17, 15) is 13.2 Å². The summed E-state index contributed by atoms with van der Waals surface area (Å²) in [5, 5.41) is 4.59. The third-order valence-corrected chi connectivity index (χ3v) is 4.79. The van der Waals surface area contributed by atoms with Crippen molar-refractivity contribution < 1.29 is 17.6 Å². The number of hydrogen-bond donors (Lipinski definition) is 2. The van der Waals surface area contributed by atoms with Crippen LogP contribution in [-0.2, 0) is 10.0 Å². The molecule has 22 heavy (non-hydrogen) atoms. The van der Waals surface area contributed by atoms with E-state index < -0.39 is 26.2 Å². The van der Waals surface area contributed by atoms with Crippen LogP contribution in [0.5, 0.6) is 0 Å². The molecule has 7 nitrogen and oxygen atoms in total. The number of amides is 1. The molecule has 1 amide bonds. The number of hydrogen-bond acceptors (Lipinski definition) is 5. The Morgan fingerprint density at radius 2 is 1.73 bits per heavy atom. The van der Waals surface area contributed by atoms with Gasteiger partial charge in [-0.05, 0) is 52.7 Å². The molecule has 1 aromatic heterocycles. The van der Waals surface area contributed by atoms with Crippen LogP contribution in [0.25, 0.3) is 0 Å². The van der Waals surface area contributed by atoms with E-state index in [-0.39, 0.29) is 17.7 Å². The van der Waals surface area contributed by atoms with Crippen LogP contribution in [0.3, 0.4) is 0 Å². The lowest BCUT2D eigenvalue weighted by molar-refractivity contribution is -0.0197. The summed E-state index contributed by atoms with van der Waals surface area (Å²) >= 11 is 0.